The summed E-state index contributed by atoms with van der Waals surface area (Å²) in [6.07, 6.45) is 3.28. The number of hydrogen-bond acceptors (Lipinski definition) is 5. The van der Waals surface area contributed by atoms with E-state index >= 15 is 0 Å². The third-order valence-electron chi connectivity index (χ3n) is 6.52. The highest BCUT2D eigenvalue weighted by atomic mass is 16.6. The number of piperidine rings is 2. The summed E-state index contributed by atoms with van der Waals surface area (Å²) >= 11 is 0. The van der Waals surface area contributed by atoms with Crippen LogP contribution in [0.4, 0.5) is 9.59 Å². The summed E-state index contributed by atoms with van der Waals surface area (Å²) in [5.41, 5.74) is -0.514. The molecule has 2 aliphatic heterocycles. The number of carboxylic acid groups (broad SMARTS) is 1. The first-order valence-electron chi connectivity index (χ1n) is 10.7. The maximum Gasteiger partial charge on any atom is 0.410 e. The van der Waals surface area contributed by atoms with Gasteiger partial charge in [0.05, 0.1) is 7.11 Å². The zero-order valence-corrected chi connectivity index (χ0v) is 17.9. The van der Waals surface area contributed by atoms with Crippen LogP contribution in [-0.2, 0) is 14.3 Å². The monoisotopic (exact) mass is 410 g/mol. The van der Waals surface area contributed by atoms with Crippen LogP contribution in [0.25, 0.3) is 0 Å². The lowest BCUT2D eigenvalue weighted by molar-refractivity contribution is -0.152. The first kappa shape index (κ1) is 21.7. The molecular weight excluding hydrogens is 376 g/mol. The van der Waals surface area contributed by atoms with Gasteiger partial charge in [0.15, 0.2) is 0 Å². The maximum atomic E-state index is 12.4. The minimum atomic E-state index is -1.05. The normalized spacial score (nSPS) is 28.8. The lowest BCUT2D eigenvalue weighted by Crippen LogP contribution is -2.57. The Morgan fingerprint density at radius 1 is 0.966 bits per heavy atom. The summed E-state index contributed by atoms with van der Waals surface area (Å²) in [6.45, 7) is 7.17. The highest BCUT2D eigenvalue weighted by Gasteiger charge is 2.50. The number of nitrogens with zero attached hydrogens (tertiary/aromatic N) is 2. The highest BCUT2D eigenvalue weighted by molar-refractivity contribution is 5.81. The largest absolute Gasteiger partial charge is 0.467 e. The van der Waals surface area contributed by atoms with Crippen LogP contribution in [0.3, 0.4) is 0 Å². The fourth-order valence-electron chi connectivity index (χ4n) is 4.97. The summed E-state index contributed by atoms with van der Waals surface area (Å²) in [5.74, 6) is 0.544. The molecule has 0 aromatic carbocycles. The van der Waals surface area contributed by atoms with Crippen LogP contribution in [0, 0.1) is 23.7 Å². The van der Waals surface area contributed by atoms with Gasteiger partial charge in [-0.15, -0.1) is 0 Å². The number of rotatable bonds is 3. The Morgan fingerprint density at radius 2 is 1.59 bits per heavy atom. The third-order valence-corrected chi connectivity index (χ3v) is 6.52. The Hall–Kier alpha value is -1.99. The molecule has 0 bridgehead atoms. The number of likely N-dealkylation sites (tertiary alicyclic amines) is 2. The smallest absolute Gasteiger partial charge is 0.410 e. The number of carbonyl (C=O) groups is 3. The van der Waals surface area contributed by atoms with E-state index in [4.69, 9.17) is 9.47 Å². The van der Waals surface area contributed by atoms with Gasteiger partial charge in [-0.25, -0.2) is 14.4 Å². The zero-order chi connectivity index (χ0) is 21.3. The van der Waals surface area contributed by atoms with Crippen molar-refractivity contribution in [2.75, 3.05) is 26.7 Å². The lowest BCUT2D eigenvalue weighted by atomic mass is 9.72. The Balaban J connectivity index is 1.65. The van der Waals surface area contributed by atoms with Gasteiger partial charge in [-0.2, -0.15) is 0 Å². The molecule has 1 aliphatic carbocycles. The average molecular weight is 411 g/mol. The molecule has 29 heavy (non-hydrogen) atoms. The van der Waals surface area contributed by atoms with E-state index in [0.29, 0.717) is 31.5 Å². The summed E-state index contributed by atoms with van der Waals surface area (Å²) in [5, 5.41) is 9.76. The van der Waals surface area contributed by atoms with Crippen LogP contribution >= 0.6 is 0 Å². The van der Waals surface area contributed by atoms with Crippen molar-refractivity contribution in [2.24, 2.45) is 23.7 Å². The van der Waals surface area contributed by atoms with Crippen LogP contribution in [-0.4, -0.2) is 71.4 Å². The highest BCUT2D eigenvalue weighted by Crippen LogP contribution is 2.47. The van der Waals surface area contributed by atoms with Crippen molar-refractivity contribution in [3.05, 3.63) is 0 Å². The fraction of sp³-hybridized carbons (Fsp3) is 0.857. The number of ether oxygens (including phenoxy) is 2. The van der Waals surface area contributed by atoms with Crippen molar-refractivity contribution in [2.45, 2.75) is 64.5 Å². The molecule has 8 nitrogen and oxygen atoms in total. The molecule has 2 saturated heterocycles. The van der Waals surface area contributed by atoms with Crippen molar-refractivity contribution in [3.63, 3.8) is 0 Å². The summed E-state index contributed by atoms with van der Waals surface area (Å²) in [7, 11) is 1.32. The zero-order valence-electron chi connectivity index (χ0n) is 17.9. The van der Waals surface area contributed by atoms with Gasteiger partial charge in [0.2, 0.25) is 0 Å². The lowest BCUT2D eigenvalue weighted by Gasteiger charge is -2.46. The second-order valence-corrected chi connectivity index (χ2v) is 9.70. The molecule has 3 aliphatic rings. The van der Waals surface area contributed by atoms with E-state index in [2.05, 4.69) is 0 Å². The van der Waals surface area contributed by atoms with Gasteiger partial charge in [0.25, 0.3) is 0 Å². The van der Waals surface area contributed by atoms with Crippen molar-refractivity contribution < 1.29 is 29.0 Å². The molecule has 8 heteroatoms. The van der Waals surface area contributed by atoms with E-state index in [1.54, 1.807) is 4.90 Å². The molecule has 2 amide bonds. The summed E-state index contributed by atoms with van der Waals surface area (Å²) < 4.78 is 10.4. The first-order chi connectivity index (χ1) is 13.6. The topological polar surface area (TPSA) is 96.4 Å². The van der Waals surface area contributed by atoms with E-state index in [0.717, 1.165) is 32.1 Å². The predicted molar refractivity (Wildman–Crippen MR) is 105 cm³/mol. The SMILES string of the molecule is COC(=O)C1C(C2CC2)CC(C2CCN(C(=O)OC(C)(C)C)CC2)CN1C(=O)O. The molecule has 3 rings (SSSR count). The van der Waals surface area contributed by atoms with Gasteiger partial charge >= 0.3 is 18.2 Å². The molecule has 3 unspecified atom stereocenters. The number of hydrogen-bond donors (Lipinski definition) is 1. The van der Waals surface area contributed by atoms with E-state index in [9.17, 15) is 19.5 Å². The summed E-state index contributed by atoms with van der Waals surface area (Å²) in [6, 6.07) is -0.692. The minimum Gasteiger partial charge on any atom is -0.467 e. The maximum absolute atomic E-state index is 12.4. The van der Waals surface area contributed by atoms with Gasteiger partial charge < -0.3 is 19.5 Å². The van der Waals surface area contributed by atoms with E-state index in [-0.39, 0.29) is 17.9 Å². The molecule has 1 saturated carbocycles. The number of amides is 2. The number of esters is 1. The Kier molecular flexibility index (Phi) is 6.29. The average Bonchev–Trinajstić information content (AvgIpc) is 3.50. The van der Waals surface area contributed by atoms with Crippen LogP contribution in [0.5, 0.6) is 0 Å². The van der Waals surface area contributed by atoms with Gasteiger partial charge in [-0.3, -0.25) is 4.90 Å². The van der Waals surface area contributed by atoms with Gasteiger partial charge in [-0.05, 0) is 76.5 Å². The van der Waals surface area contributed by atoms with Crippen LogP contribution < -0.4 is 0 Å². The van der Waals surface area contributed by atoms with E-state index in [1.807, 2.05) is 20.8 Å². The Labute approximate surface area is 172 Å². The standard InChI is InChI=1S/C21H34N2O6/c1-21(2,3)29-20(27)22-9-7-13(8-10-22)15-11-16(14-5-6-14)17(18(24)28-4)23(12-15)19(25)26/h13-17H,5-12H2,1-4H3,(H,25,26). The predicted octanol–water partition coefficient (Wildman–Crippen LogP) is 3.20. The minimum absolute atomic E-state index is 0.0289. The molecule has 0 aromatic heterocycles. The first-order valence-corrected chi connectivity index (χ1v) is 10.7. The van der Waals surface area contributed by atoms with Crippen molar-refractivity contribution >= 4 is 18.2 Å². The van der Waals surface area contributed by atoms with Crippen LogP contribution in [0.1, 0.15) is 52.9 Å². The molecule has 2 heterocycles. The molecule has 0 aromatic rings. The quantitative estimate of drug-likeness (QED) is 0.718. The Bertz CT molecular complexity index is 634. The molecular formula is C21H34N2O6. The molecule has 164 valence electrons. The van der Waals surface area contributed by atoms with Crippen LogP contribution in [0.15, 0.2) is 0 Å². The van der Waals surface area contributed by atoms with Crippen molar-refractivity contribution in [1.82, 2.24) is 9.80 Å². The van der Waals surface area contributed by atoms with Crippen molar-refractivity contribution in [3.8, 4) is 0 Å². The summed E-state index contributed by atoms with van der Waals surface area (Å²) in [4.78, 5) is 39.6. The van der Waals surface area contributed by atoms with Gasteiger partial charge in [0, 0.05) is 19.6 Å². The number of methoxy groups -OCH3 is 1. The molecule has 0 radical (unpaired) electrons. The second-order valence-electron chi connectivity index (χ2n) is 9.70. The third kappa shape index (κ3) is 5.14. The molecule has 3 fully saturated rings. The second kappa shape index (κ2) is 8.40. The molecule has 3 atom stereocenters. The Morgan fingerprint density at radius 3 is 2.07 bits per heavy atom. The van der Waals surface area contributed by atoms with Crippen molar-refractivity contribution in [1.29, 1.82) is 0 Å². The fourth-order valence-corrected chi connectivity index (χ4v) is 4.97. The van der Waals surface area contributed by atoms with E-state index < -0.39 is 23.7 Å². The number of carbonyl (C=O) groups excluding carboxylic acids is 2. The van der Waals surface area contributed by atoms with Gasteiger partial charge in [0.1, 0.15) is 11.6 Å². The molecule has 1 N–H and O–H groups in total. The molecule has 0 spiro atoms. The van der Waals surface area contributed by atoms with Crippen LogP contribution in [0.2, 0.25) is 0 Å². The van der Waals surface area contributed by atoms with E-state index in [1.165, 1.54) is 12.0 Å². The van der Waals surface area contributed by atoms with Gasteiger partial charge in [-0.1, -0.05) is 0 Å².